The second-order valence-electron chi connectivity index (χ2n) is 5.60. The van der Waals surface area contributed by atoms with Crippen molar-refractivity contribution in [2.45, 2.75) is 51.4 Å². The Morgan fingerprint density at radius 2 is 1.24 bits per heavy atom. The highest BCUT2D eigenvalue weighted by Crippen LogP contribution is 2.37. The molecule has 0 radical (unpaired) electrons. The monoisotopic (exact) mass is 302 g/mol. The highest BCUT2D eigenvalue weighted by molar-refractivity contribution is 7.65. The number of allylic oxidation sites excluding steroid dienone is 2. The van der Waals surface area contributed by atoms with Crippen LogP contribution in [0.4, 0.5) is 0 Å². The van der Waals surface area contributed by atoms with Gasteiger partial charge in [0.2, 0.25) is 0 Å². The lowest BCUT2D eigenvalue weighted by molar-refractivity contribution is 0.723. The third kappa shape index (κ3) is 8.89. The van der Waals surface area contributed by atoms with Crippen molar-refractivity contribution in [2.24, 2.45) is 0 Å². The van der Waals surface area contributed by atoms with E-state index in [-0.39, 0.29) is 7.92 Å². The van der Waals surface area contributed by atoms with Gasteiger partial charge >= 0.3 is 0 Å². The summed E-state index contributed by atoms with van der Waals surface area (Å²) < 4.78 is 0. The van der Waals surface area contributed by atoms with E-state index in [9.17, 15) is 0 Å². The first kappa shape index (κ1) is 18.2. The van der Waals surface area contributed by atoms with Gasteiger partial charge in [-0.25, -0.2) is 0 Å². The predicted octanol–water partition coefficient (Wildman–Crippen LogP) is 6.29. The first-order chi connectivity index (χ1) is 10.4. The third-order valence-electron chi connectivity index (χ3n) is 3.79. The minimum atomic E-state index is 0.0508. The van der Waals surface area contributed by atoms with Gasteiger partial charge in [0.15, 0.2) is 0 Å². The van der Waals surface area contributed by atoms with Crippen molar-refractivity contribution in [1.29, 1.82) is 0 Å². The van der Waals surface area contributed by atoms with Crippen LogP contribution in [0.25, 0.3) is 0 Å². The van der Waals surface area contributed by atoms with Crippen LogP contribution >= 0.6 is 7.92 Å². The van der Waals surface area contributed by atoms with Crippen LogP contribution in [0.1, 0.15) is 51.4 Å². The fourth-order valence-electron chi connectivity index (χ4n) is 2.55. The lowest BCUT2D eigenvalue weighted by atomic mass is 10.2. The van der Waals surface area contributed by atoms with Crippen LogP contribution in [-0.2, 0) is 0 Å². The molecule has 0 unspecified atom stereocenters. The Kier molecular flexibility index (Phi) is 11.1. The molecule has 0 aliphatic carbocycles. The number of rotatable bonds is 13. The van der Waals surface area contributed by atoms with Crippen molar-refractivity contribution in [2.75, 3.05) is 12.3 Å². The van der Waals surface area contributed by atoms with Crippen molar-refractivity contribution in [3.63, 3.8) is 0 Å². The Balaban J connectivity index is 2.35. The average Bonchev–Trinajstić information content (AvgIpc) is 2.53. The van der Waals surface area contributed by atoms with E-state index in [0.29, 0.717) is 0 Å². The van der Waals surface area contributed by atoms with E-state index in [2.05, 4.69) is 43.5 Å². The summed E-state index contributed by atoms with van der Waals surface area (Å²) in [6, 6.07) is 11.2. The Labute approximate surface area is 133 Å². The largest absolute Gasteiger partial charge is 0.103 e. The molecule has 1 rings (SSSR count). The molecule has 0 fully saturated rings. The maximum absolute atomic E-state index is 3.80. The molecule has 0 spiro atoms. The lowest BCUT2D eigenvalue weighted by Crippen LogP contribution is -2.06. The summed E-state index contributed by atoms with van der Waals surface area (Å²) in [7, 11) is 0.0508. The molecule has 116 valence electrons. The fourth-order valence-corrected chi connectivity index (χ4v) is 5.09. The van der Waals surface area contributed by atoms with Crippen LogP contribution in [0.2, 0.25) is 0 Å². The summed E-state index contributed by atoms with van der Waals surface area (Å²) in [5.41, 5.74) is 0. The smallest absolute Gasteiger partial charge is 0.0240 e. The Morgan fingerprint density at radius 1 is 0.714 bits per heavy atom. The number of unbranched alkanes of at least 4 members (excludes halogenated alkanes) is 6. The normalized spacial score (nSPS) is 10.7. The van der Waals surface area contributed by atoms with Crippen LogP contribution in [0.3, 0.4) is 0 Å². The number of benzene rings is 1. The lowest BCUT2D eigenvalue weighted by Gasteiger charge is -2.18. The van der Waals surface area contributed by atoms with E-state index in [0.717, 1.165) is 0 Å². The Morgan fingerprint density at radius 3 is 1.71 bits per heavy atom. The zero-order valence-electron chi connectivity index (χ0n) is 13.5. The minimum absolute atomic E-state index is 0.0508. The van der Waals surface area contributed by atoms with Crippen LogP contribution in [0, 0.1) is 0 Å². The molecule has 1 heteroatoms. The highest BCUT2D eigenvalue weighted by atomic mass is 31.1. The van der Waals surface area contributed by atoms with Gasteiger partial charge in [0.1, 0.15) is 0 Å². The Hall–Kier alpha value is -0.870. The van der Waals surface area contributed by atoms with Crippen molar-refractivity contribution in [3.8, 4) is 0 Å². The molecular weight excluding hydrogens is 271 g/mol. The van der Waals surface area contributed by atoms with E-state index in [4.69, 9.17) is 0 Å². The molecule has 0 heterocycles. The summed E-state index contributed by atoms with van der Waals surface area (Å²) in [4.78, 5) is 0. The SMILES string of the molecule is C=CCCCCCP(CCCCCC=C)c1ccccc1. The molecule has 0 aliphatic rings. The quantitative estimate of drug-likeness (QED) is 0.228. The first-order valence-corrected chi connectivity index (χ1v) is 10.1. The molecular formula is C20H31P. The molecule has 0 N–H and O–H groups in total. The molecule has 0 saturated carbocycles. The van der Waals surface area contributed by atoms with E-state index < -0.39 is 0 Å². The highest BCUT2D eigenvalue weighted by Gasteiger charge is 2.09. The van der Waals surface area contributed by atoms with Crippen LogP contribution in [-0.4, -0.2) is 12.3 Å². The second kappa shape index (κ2) is 12.8. The van der Waals surface area contributed by atoms with Gasteiger partial charge in [-0.2, -0.15) is 0 Å². The van der Waals surface area contributed by atoms with Gasteiger partial charge in [-0.1, -0.05) is 63.2 Å². The third-order valence-corrected chi connectivity index (χ3v) is 6.53. The summed E-state index contributed by atoms with van der Waals surface area (Å²) in [6.07, 6.45) is 17.3. The maximum Gasteiger partial charge on any atom is -0.0240 e. The van der Waals surface area contributed by atoms with Gasteiger partial charge in [0, 0.05) is 0 Å². The van der Waals surface area contributed by atoms with E-state index >= 15 is 0 Å². The standard InChI is InChI=1S/C20H31P/c1-3-5-7-9-14-18-21(19-15-10-8-6-4-2)20-16-12-11-13-17-20/h3-4,11-13,16-17H,1-2,5-10,14-15,18-19H2. The van der Waals surface area contributed by atoms with Gasteiger partial charge in [-0.05, 0) is 56.2 Å². The topological polar surface area (TPSA) is 0 Å². The van der Waals surface area contributed by atoms with E-state index in [1.807, 2.05) is 12.2 Å². The molecule has 0 bridgehead atoms. The summed E-state index contributed by atoms with van der Waals surface area (Å²) in [5, 5.41) is 1.60. The van der Waals surface area contributed by atoms with E-state index in [1.165, 1.54) is 63.7 Å². The zero-order chi connectivity index (χ0) is 15.2. The minimum Gasteiger partial charge on any atom is -0.103 e. The van der Waals surface area contributed by atoms with Gasteiger partial charge in [0.05, 0.1) is 0 Å². The van der Waals surface area contributed by atoms with Crippen molar-refractivity contribution in [3.05, 3.63) is 55.6 Å². The molecule has 0 amide bonds. The molecule has 1 aromatic rings. The van der Waals surface area contributed by atoms with Crippen LogP contribution in [0.5, 0.6) is 0 Å². The molecule has 1 aromatic carbocycles. The van der Waals surface area contributed by atoms with Crippen molar-refractivity contribution < 1.29 is 0 Å². The van der Waals surface area contributed by atoms with Gasteiger partial charge < -0.3 is 0 Å². The molecule has 0 saturated heterocycles. The maximum atomic E-state index is 3.80. The molecule has 0 atom stereocenters. The molecule has 0 aliphatic heterocycles. The average molecular weight is 302 g/mol. The summed E-state index contributed by atoms with van der Waals surface area (Å²) >= 11 is 0. The molecule has 0 nitrogen and oxygen atoms in total. The predicted molar refractivity (Wildman–Crippen MR) is 100 cm³/mol. The van der Waals surface area contributed by atoms with Crippen LogP contribution < -0.4 is 5.30 Å². The van der Waals surface area contributed by atoms with Gasteiger partial charge in [-0.3, -0.25) is 0 Å². The summed E-state index contributed by atoms with van der Waals surface area (Å²) in [6.45, 7) is 7.61. The Bertz CT molecular complexity index is 351. The van der Waals surface area contributed by atoms with Gasteiger partial charge in [0.25, 0.3) is 0 Å². The van der Waals surface area contributed by atoms with Crippen molar-refractivity contribution >= 4 is 13.2 Å². The zero-order valence-corrected chi connectivity index (χ0v) is 14.4. The van der Waals surface area contributed by atoms with Crippen LogP contribution in [0.15, 0.2) is 55.6 Å². The molecule has 0 aromatic heterocycles. The number of hydrogen-bond donors (Lipinski definition) is 0. The van der Waals surface area contributed by atoms with Crippen molar-refractivity contribution in [1.82, 2.24) is 0 Å². The second-order valence-corrected chi connectivity index (χ2v) is 8.09. The molecule has 21 heavy (non-hydrogen) atoms. The number of hydrogen-bond acceptors (Lipinski definition) is 0. The first-order valence-electron chi connectivity index (χ1n) is 8.40. The fraction of sp³-hybridized carbons (Fsp3) is 0.500. The summed E-state index contributed by atoms with van der Waals surface area (Å²) in [5.74, 6) is 0. The van der Waals surface area contributed by atoms with E-state index in [1.54, 1.807) is 5.30 Å². The van der Waals surface area contributed by atoms with Gasteiger partial charge in [-0.15, -0.1) is 13.2 Å².